The van der Waals surface area contributed by atoms with Crippen LogP contribution in [0, 0.1) is 6.92 Å². The molecule has 0 aromatic heterocycles. The number of hydrogen-bond acceptors (Lipinski definition) is 4. The normalized spacial score (nSPS) is 12.1. The van der Waals surface area contributed by atoms with Crippen molar-refractivity contribution in [3.05, 3.63) is 90.0 Å². The molecule has 2 N–H and O–H groups in total. The molecule has 6 nitrogen and oxygen atoms in total. The molecule has 3 aromatic rings. The zero-order chi connectivity index (χ0) is 21.6. The Bertz CT molecular complexity index is 1110. The molecule has 1 atom stereocenters. The molecule has 0 saturated heterocycles. The molecule has 0 fully saturated rings. The molecule has 0 bridgehead atoms. The van der Waals surface area contributed by atoms with Crippen LogP contribution in [0.2, 0.25) is 0 Å². The number of carbonyl (C=O) groups is 1. The molecule has 0 spiro atoms. The molecule has 1 amide bonds. The Morgan fingerprint density at radius 2 is 1.70 bits per heavy atom. The second-order valence-electron chi connectivity index (χ2n) is 7.00. The highest BCUT2D eigenvalue weighted by atomic mass is 32.2. The maximum atomic E-state index is 12.7. The van der Waals surface area contributed by atoms with Crippen LogP contribution < -0.4 is 14.8 Å². The minimum atomic E-state index is -3.82. The molecule has 3 aromatic carbocycles. The third-order valence-electron chi connectivity index (χ3n) is 4.30. The lowest BCUT2D eigenvalue weighted by molar-refractivity contribution is 0.0926. The van der Waals surface area contributed by atoms with Crippen molar-refractivity contribution >= 4 is 21.6 Å². The van der Waals surface area contributed by atoms with Crippen molar-refractivity contribution in [1.82, 2.24) is 5.32 Å². The van der Waals surface area contributed by atoms with Gasteiger partial charge in [0, 0.05) is 11.3 Å². The Kier molecular flexibility index (Phi) is 6.74. The maximum absolute atomic E-state index is 12.7. The van der Waals surface area contributed by atoms with Crippen LogP contribution in [0.5, 0.6) is 5.75 Å². The van der Waals surface area contributed by atoms with Crippen LogP contribution in [0.1, 0.15) is 22.8 Å². The summed E-state index contributed by atoms with van der Waals surface area (Å²) in [4.78, 5) is 12.6. The van der Waals surface area contributed by atoms with E-state index in [1.54, 1.807) is 30.3 Å². The number of carbonyl (C=O) groups excluding carboxylic acids is 1. The summed E-state index contributed by atoms with van der Waals surface area (Å²) < 4.78 is 33.6. The van der Waals surface area contributed by atoms with E-state index >= 15 is 0 Å². The molecule has 3 rings (SSSR count). The number of nitrogens with one attached hydrogen (secondary N) is 2. The van der Waals surface area contributed by atoms with Gasteiger partial charge >= 0.3 is 0 Å². The summed E-state index contributed by atoms with van der Waals surface area (Å²) in [6.45, 7) is 3.99. The number of para-hydroxylation sites is 1. The van der Waals surface area contributed by atoms with E-state index in [-0.39, 0.29) is 22.4 Å². The van der Waals surface area contributed by atoms with E-state index in [0.29, 0.717) is 18.0 Å². The van der Waals surface area contributed by atoms with E-state index in [1.165, 1.54) is 12.1 Å². The van der Waals surface area contributed by atoms with Crippen LogP contribution in [0.4, 0.5) is 5.69 Å². The lowest BCUT2D eigenvalue weighted by Gasteiger charge is -2.15. The molecule has 1 unspecified atom stereocenters. The fourth-order valence-corrected chi connectivity index (χ4v) is 3.91. The summed E-state index contributed by atoms with van der Waals surface area (Å²) in [6.07, 6.45) is 0. The van der Waals surface area contributed by atoms with Gasteiger partial charge in [-0.15, -0.1) is 0 Å². The van der Waals surface area contributed by atoms with Gasteiger partial charge in [-0.05, 0) is 61.9 Å². The number of amides is 1. The first-order chi connectivity index (χ1) is 14.3. The van der Waals surface area contributed by atoms with Gasteiger partial charge in [0.25, 0.3) is 15.9 Å². The Morgan fingerprint density at radius 3 is 2.43 bits per heavy atom. The predicted molar refractivity (Wildman–Crippen MR) is 117 cm³/mol. The summed E-state index contributed by atoms with van der Waals surface area (Å²) >= 11 is 0. The van der Waals surface area contributed by atoms with Gasteiger partial charge < -0.3 is 10.1 Å². The summed E-state index contributed by atoms with van der Waals surface area (Å²) in [5, 5.41) is 2.82. The van der Waals surface area contributed by atoms with E-state index in [4.69, 9.17) is 4.74 Å². The molecule has 0 aliphatic carbocycles. The predicted octanol–water partition coefficient (Wildman–Crippen LogP) is 3.99. The summed E-state index contributed by atoms with van der Waals surface area (Å²) in [5.41, 5.74) is 1.67. The molecule has 0 aliphatic heterocycles. The van der Waals surface area contributed by atoms with E-state index in [2.05, 4.69) is 10.0 Å². The molecular weight excluding hydrogens is 400 g/mol. The Hall–Kier alpha value is -3.32. The van der Waals surface area contributed by atoms with Gasteiger partial charge in [0.1, 0.15) is 12.4 Å². The van der Waals surface area contributed by atoms with Gasteiger partial charge in [0.15, 0.2) is 0 Å². The zero-order valence-corrected chi connectivity index (χ0v) is 17.6. The van der Waals surface area contributed by atoms with Crippen LogP contribution in [0.3, 0.4) is 0 Å². The number of rotatable bonds is 8. The second kappa shape index (κ2) is 9.45. The zero-order valence-electron chi connectivity index (χ0n) is 16.8. The van der Waals surface area contributed by atoms with Gasteiger partial charge in [-0.2, -0.15) is 0 Å². The third-order valence-corrected chi connectivity index (χ3v) is 5.68. The van der Waals surface area contributed by atoms with Crippen molar-refractivity contribution in [1.29, 1.82) is 0 Å². The quantitative estimate of drug-likeness (QED) is 0.573. The molecule has 30 heavy (non-hydrogen) atoms. The van der Waals surface area contributed by atoms with Crippen LogP contribution in [-0.4, -0.2) is 27.0 Å². The van der Waals surface area contributed by atoms with Crippen LogP contribution in [0.15, 0.2) is 83.8 Å². The maximum Gasteiger partial charge on any atom is 0.261 e. The van der Waals surface area contributed by atoms with Crippen molar-refractivity contribution in [3.63, 3.8) is 0 Å². The monoisotopic (exact) mass is 424 g/mol. The van der Waals surface area contributed by atoms with Gasteiger partial charge in [-0.1, -0.05) is 36.4 Å². The highest BCUT2D eigenvalue weighted by Gasteiger charge is 2.17. The van der Waals surface area contributed by atoms with Crippen molar-refractivity contribution in [2.45, 2.75) is 24.8 Å². The first kappa shape index (κ1) is 21.4. The Morgan fingerprint density at radius 1 is 0.967 bits per heavy atom. The lowest BCUT2D eigenvalue weighted by Crippen LogP contribution is -2.36. The number of sulfonamides is 1. The fourth-order valence-electron chi connectivity index (χ4n) is 2.81. The standard InChI is InChI=1S/C23H24N2O4S/c1-17-8-6-10-20(14-17)25-30(27,28)22-13-7-9-19(15-22)23(26)24-18(2)16-29-21-11-4-3-5-12-21/h3-15,18,25H,16H2,1-2H3,(H,24,26). The van der Waals surface area contributed by atoms with E-state index in [9.17, 15) is 13.2 Å². The topological polar surface area (TPSA) is 84.5 Å². The minimum Gasteiger partial charge on any atom is -0.491 e. The van der Waals surface area contributed by atoms with E-state index < -0.39 is 10.0 Å². The molecule has 156 valence electrons. The summed E-state index contributed by atoms with van der Waals surface area (Å²) in [6, 6.07) is 22.1. The van der Waals surface area contributed by atoms with Crippen molar-refractivity contribution in [2.24, 2.45) is 0 Å². The third kappa shape index (κ3) is 5.84. The van der Waals surface area contributed by atoms with Gasteiger partial charge in [-0.3, -0.25) is 9.52 Å². The fraction of sp³-hybridized carbons (Fsp3) is 0.174. The first-order valence-electron chi connectivity index (χ1n) is 9.52. The van der Waals surface area contributed by atoms with Crippen LogP contribution in [-0.2, 0) is 10.0 Å². The molecule has 0 saturated carbocycles. The van der Waals surface area contributed by atoms with Crippen LogP contribution >= 0.6 is 0 Å². The molecule has 0 heterocycles. The summed E-state index contributed by atoms with van der Waals surface area (Å²) in [5.74, 6) is 0.348. The van der Waals surface area contributed by atoms with Gasteiger partial charge in [0.2, 0.25) is 0 Å². The first-order valence-corrected chi connectivity index (χ1v) is 11.0. The summed E-state index contributed by atoms with van der Waals surface area (Å²) in [7, 11) is -3.82. The Balaban J connectivity index is 1.65. The van der Waals surface area contributed by atoms with Gasteiger partial charge in [0.05, 0.1) is 10.9 Å². The lowest BCUT2D eigenvalue weighted by atomic mass is 10.2. The molecule has 7 heteroatoms. The SMILES string of the molecule is Cc1cccc(NS(=O)(=O)c2cccc(C(=O)NC(C)COc3ccccc3)c2)c1. The number of benzene rings is 3. The molecule has 0 aliphatic rings. The van der Waals surface area contributed by atoms with Crippen molar-refractivity contribution < 1.29 is 17.9 Å². The van der Waals surface area contributed by atoms with Crippen LogP contribution in [0.25, 0.3) is 0 Å². The molecule has 0 radical (unpaired) electrons. The number of ether oxygens (including phenoxy) is 1. The molecular formula is C23H24N2O4S. The van der Waals surface area contributed by atoms with Crippen molar-refractivity contribution in [3.8, 4) is 5.75 Å². The smallest absolute Gasteiger partial charge is 0.261 e. The van der Waals surface area contributed by atoms with Crippen molar-refractivity contribution in [2.75, 3.05) is 11.3 Å². The minimum absolute atomic E-state index is 0.0184. The highest BCUT2D eigenvalue weighted by Crippen LogP contribution is 2.18. The van der Waals surface area contributed by atoms with E-state index in [1.807, 2.05) is 50.2 Å². The number of hydrogen-bond donors (Lipinski definition) is 2. The number of aryl methyl sites for hydroxylation is 1. The second-order valence-corrected chi connectivity index (χ2v) is 8.68. The van der Waals surface area contributed by atoms with E-state index in [0.717, 1.165) is 5.56 Å². The average molecular weight is 425 g/mol. The average Bonchev–Trinajstić information content (AvgIpc) is 2.73. The Labute approximate surface area is 177 Å². The van der Waals surface area contributed by atoms with Gasteiger partial charge in [-0.25, -0.2) is 8.42 Å². The largest absolute Gasteiger partial charge is 0.491 e. The number of anilines is 1. The highest BCUT2D eigenvalue weighted by molar-refractivity contribution is 7.92.